The predicted octanol–water partition coefficient (Wildman–Crippen LogP) is 2.55. The Bertz CT molecular complexity index is 636. The fourth-order valence-electron chi connectivity index (χ4n) is 2.13. The zero-order valence-electron chi connectivity index (χ0n) is 11.6. The van der Waals surface area contributed by atoms with Crippen LogP contribution >= 0.6 is 0 Å². The maximum Gasteiger partial charge on any atom is 0.441 e. The number of ether oxygens (including phenoxy) is 1. The van der Waals surface area contributed by atoms with E-state index in [1.807, 2.05) is 0 Å². The summed E-state index contributed by atoms with van der Waals surface area (Å²) in [6, 6.07) is 3.26. The first-order valence-electron chi connectivity index (χ1n) is 6.51. The zero-order valence-corrected chi connectivity index (χ0v) is 12.4. The second-order valence-electron chi connectivity index (χ2n) is 5.14. The van der Waals surface area contributed by atoms with Gasteiger partial charge in [-0.2, -0.15) is 17.9 Å². The number of halogens is 3. The van der Waals surface area contributed by atoms with E-state index in [9.17, 15) is 26.4 Å². The third-order valence-corrected chi connectivity index (χ3v) is 4.81. The first kappa shape index (κ1) is 16.8. The lowest BCUT2D eigenvalue weighted by molar-refractivity contribution is -0.212. The standard InChI is InChI=1S/C12H15F3N2O4S/c1-9(17-7-2-3-8-17)21-10(18)22(19,20)16-11(5-4-6-11)12(13,14)15/h2-3,7-9,16H,4-6H2,1H3. The van der Waals surface area contributed by atoms with Crippen molar-refractivity contribution in [1.82, 2.24) is 9.29 Å². The second-order valence-corrected chi connectivity index (χ2v) is 6.68. The quantitative estimate of drug-likeness (QED) is 0.855. The fourth-order valence-corrected chi connectivity index (χ4v) is 3.31. The normalized spacial score (nSPS) is 19.3. The molecule has 124 valence electrons. The molecule has 0 radical (unpaired) electrons. The van der Waals surface area contributed by atoms with Gasteiger partial charge in [-0.25, -0.2) is 13.2 Å². The van der Waals surface area contributed by atoms with Gasteiger partial charge >= 0.3 is 21.5 Å². The number of nitrogens with one attached hydrogen (secondary N) is 1. The summed E-state index contributed by atoms with van der Waals surface area (Å²) in [6.07, 6.45) is -3.21. The van der Waals surface area contributed by atoms with Crippen molar-refractivity contribution < 1.29 is 31.1 Å². The Labute approximate surface area is 125 Å². The molecule has 1 fully saturated rings. The lowest BCUT2D eigenvalue weighted by Gasteiger charge is -2.42. The molecule has 6 nitrogen and oxygen atoms in total. The summed E-state index contributed by atoms with van der Waals surface area (Å²) in [4.78, 5) is 11.7. The van der Waals surface area contributed by atoms with Gasteiger partial charge in [-0.3, -0.25) is 0 Å². The van der Waals surface area contributed by atoms with Crippen molar-refractivity contribution in [3.8, 4) is 0 Å². The van der Waals surface area contributed by atoms with Gasteiger partial charge in [0, 0.05) is 12.4 Å². The first-order chi connectivity index (χ1) is 10.1. The van der Waals surface area contributed by atoms with Gasteiger partial charge in [0.05, 0.1) is 0 Å². The molecule has 0 aliphatic heterocycles. The summed E-state index contributed by atoms with van der Waals surface area (Å²) < 4.78 is 70.0. The number of hydrogen-bond acceptors (Lipinski definition) is 4. The highest BCUT2D eigenvalue weighted by Crippen LogP contribution is 2.45. The van der Waals surface area contributed by atoms with Gasteiger partial charge < -0.3 is 9.30 Å². The summed E-state index contributed by atoms with van der Waals surface area (Å²) >= 11 is 0. The molecule has 10 heteroatoms. The van der Waals surface area contributed by atoms with Crippen molar-refractivity contribution in [1.29, 1.82) is 0 Å². The monoisotopic (exact) mass is 340 g/mol. The number of carbonyl (C=O) groups is 1. The van der Waals surface area contributed by atoms with Crippen molar-refractivity contribution >= 4 is 15.3 Å². The van der Waals surface area contributed by atoms with E-state index in [0.29, 0.717) is 0 Å². The molecule has 1 N–H and O–H groups in total. The molecule has 1 aromatic heterocycles. The molecule has 1 atom stereocenters. The van der Waals surface area contributed by atoms with E-state index in [2.05, 4.69) is 0 Å². The zero-order chi connectivity index (χ0) is 16.6. The van der Waals surface area contributed by atoms with Crippen molar-refractivity contribution in [3.05, 3.63) is 24.5 Å². The molecule has 0 spiro atoms. The van der Waals surface area contributed by atoms with Crippen LogP contribution in [0, 0.1) is 0 Å². The number of alkyl halides is 3. The second kappa shape index (κ2) is 5.58. The van der Waals surface area contributed by atoms with E-state index in [0.717, 1.165) is 0 Å². The lowest BCUT2D eigenvalue weighted by atomic mass is 9.77. The fraction of sp³-hybridized carbons (Fsp3) is 0.583. The van der Waals surface area contributed by atoms with E-state index in [-0.39, 0.29) is 6.42 Å². The van der Waals surface area contributed by atoms with E-state index in [1.54, 1.807) is 12.1 Å². The summed E-state index contributed by atoms with van der Waals surface area (Å²) in [5, 5.41) is -1.73. The minimum atomic E-state index is -4.89. The van der Waals surface area contributed by atoms with Crippen molar-refractivity contribution in [2.75, 3.05) is 0 Å². The molecule has 1 aromatic rings. The molecule has 0 amide bonds. The van der Waals surface area contributed by atoms with Gasteiger partial charge in [-0.1, -0.05) is 0 Å². The number of nitrogens with zero attached hydrogens (tertiary/aromatic N) is 1. The topological polar surface area (TPSA) is 77.4 Å². The van der Waals surface area contributed by atoms with Crippen molar-refractivity contribution in [3.63, 3.8) is 0 Å². The molecule has 1 heterocycles. The minimum Gasteiger partial charge on any atom is -0.429 e. The Morgan fingerprint density at radius 3 is 2.27 bits per heavy atom. The maximum atomic E-state index is 13.0. The Morgan fingerprint density at radius 1 is 1.32 bits per heavy atom. The average Bonchev–Trinajstić information content (AvgIpc) is 2.85. The Hall–Kier alpha value is -1.55. The van der Waals surface area contributed by atoms with Gasteiger partial charge in [-0.15, -0.1) is 0 Å². The molecular weight excluding hydrogens is 325 g/mol. The van der Waals surface area contributed by atoms with E-state index in [4.69, 9.17) is 4.74 Å². The molecule has 1 aliphatic carbocycles. The molecule has 1 saturated carbocycles. The van der Waals surface area contributed by atoms with E-state index < -0.39 is 46.1 Å². The Morgan fingerprint density at radius 2 is 1.86 bits per heavy atom. The summed E-state index contributed by atoms with van der Waals surface area (Å²) in [6.45, 7) is 1.40. The number of rotatable bonds is 4. The first-order valence-corrected chi connectivity index (χ1v) is 7.99. The number of sulfonamides is 1. The number of carbonyl (C=O) groups excluding carboxylic acids is 1. The third kappa shape index (κ3) is 3.12. The van der Waals surface area contributed by atoms with Crippen LogP contribution in [0.2, 0.25) is 0 Å². The van der Waals surface area contributed by atoms with Crippen LogP contribution in [0.3, 0.4) is 0 Å². The van der Waals surface area contributed by atoms with Gasteiger partial charge in [-0.05, 0) is 38.3 Å². The van der Waals surface area contributed by atoms with Crippen LogP contribution in [0.5, 0.6) is 0 Å². The Kier molecular flexibility index (Phi) is 4.26. The van der Waals surface area contributed by atoms with Gasteiger partial charge in [0.2, 0.25) is 0 Å². The van der Waals surface area contributed by atoms with Crippen LogP contribution in [0.4, 0.5) is 18.0 Å². The van der Waals surface area contributed by atoms with Gasteiger partial charge in [0.1, 0.15) is 5.54 Å². The Balaban J connectivity index is 2.08. The molecular formula is C12H15F3N2O4S. The SMILES string of the molecule is CC(OC(=O)S(=O)(=O)NC1(C(F)(F)F)CCC1)n1cccc1. The maximum absolute atomic E-state index is 13.0. The van der Waals surface area contributed by atoms with Crippen molar-refractivity contribution in [2.45, 2.75) is 44.1 Å². The number of aromatic nitrogens is 1. The van der Waals surface area contributed by atoms with Crippen LogP contribution in [0.1, 0.15) is 32.4 Å². The van der Waals surface area contributed by atoms with E-state index in [1.165, 1.54) is 28.6 Å². The summed E-state index contributed by atoms with van der Waals surface area (Å²) in [5.74, 6) is 0. The van der Waals surface area contributed by atoms with Crippen LogP contribution in [-0.4, -0.2) is 30.0 Å². The highest BCUT2D eigenvalue weighted by molar-refractivity contribution is 8.04. The largest absolute Gasteiger partial charge is 0.441 e. The highest BCUT2D eigenvalue weighted by atomic mass is 32.2. The summed E-state index contributed by atoms with van der Waals surface area (Å²) in [7, 11) is -4.89. The van der Waals surface area contributed by atoms with Gasteiger partial charge in [0.15, 0.2) is 6.23 Å². The predicted molar refractivity (Wildman–Crippen MR) is 70.3 cm³/mol. The molecule has 22 heavy (non-hydrogen) atoms. The smallest absolute Gasteiger partial charge is 0.429 e. The highest BCUT2D eigenvalue weighted by Gasteiger charge is 2.61. The molecule has 0 aromatic carbocycles. The third-order valence-electron chi connectivity index (χ3n) is 3.61. The summed E-state index contributed by atoms with van der Waals surface area (Å²) in [5.41, 5.74) is -2.57. The lowest BCUT2D eigenvalue weighted by Crippen LogP contribution is -2.63. The molecule has 0 saturated heterocycles. The number of hydrogen-bond donors (Lipinski definition) is 1. The minimum absolute atomic E-state index is 0.233. The molecule has 1 aliphatic rings. The average molecular weight is 340 g/mol. The van der Waals surface area contributed by atoms with Crippen LogP contribution < -0.4 is 4.72 Å². The molecule has 0 bridgehead atoms. The van der Waals surface area contributed by atoms with Crippen LogP contribution in [-0.2, 0) is 14.8 Å². The molecule has 1 unspecified atom stereocenters. The van der Waals surface area contributed by atoms with Crippen LogP contribution in [0.15, 0.2) is 24.5 Å². The van der Waals surface area contributed by atoms with E-state index >= 15 is 0 Å². The molecule has 2 rings (SSSR count). The van der Waals surface area contributed by atoms with Crippen molar-refractivity contribution in [2.24, 2.45) is 0 Å². The van der Waals surface area contributed by atoms with Gasteiger partial charge in [0.25, 0.3) is 0 Å². The van der Waals surface area contributed by atoms with Crippen LogP contribution in [0.25, 0.3) is 0 Å².